The summed E-state index contributed by atoms with van der Waals surface area (Å²) in [5, 5.41) is 22.0. The van der Waals surface area contributed by atoms with Gasteiger partial charge in [0.05, 0.1) is 29.7 Å². The number of benzene rings is 1. The molecule has 5 nitrogen and oxygen atoms in total. The van der Waals surface area contributed by atoms with Gasteiger partial charge in [-0.1, -0.05) is 6.92 Å². The van der Waals surface area contributed by atoms with Crippen LogP contribution in [-0.4, -0.2) is 12.1 Å². The second kappa shape index (κ2) is 7.32. The van der Waals surface area contributed by atoms with E-state index in [1.165, 1.54) is 12.1 Å². The maximum absolute atomic E-state index is 12.8. The molecule has 1 aromatic carbocycles. The molecule has 0 aliphatic rings. The van der Waals surface area contributed by atoms with E-state index in [2.05, 4.69) is 10.6 Å². The molecule has 116 valence electrons. The fourth-order valence-corrected chi connectivity index (χ4v) is 1.71. The van der Waals surface area contributed by atoms with Gasteiger partial charge in [-0.3, -0.25) is 0 Å². The molecule has 2 N–H and O–H groups in total. The van der Waals surface area contributed by atoms with Crippen molar-refractivity contribution < 1.29 is 18.0 Å². The van der Waals surface area contributed by atoms with Crippen LogP contribution < -0.4 is 10.6 Å². The van der Waals surface area contributed by atoms with Crippen LogP contribution >= 0.6 is 0 Å². The first-order valence-corrected chi connectivity index (χ1v) is 6.37. The molecule has 0 fully saturated rings. The van der Waals surface area contributed by atoms with Crippen LogP contribution in [0.25, 0.3) is 0 Å². The number of amides is 2. The number of hydrogen-bond acceptors (Lipinski definition) is 3. The topological polar surface area (TPSA) is 88.7 Å². The summed E-state index contributed by atoms with van der Waals surface area (Å²) >= 11 is 0. The quantitative estimate of drug-likeness (QED) is 0.893. The minimum absolute atomic E-state index is 0.0874. The fraction of sp³-hybridized carbons (Fsp3) is 0.357. The van der Waals surface area contributed by atoms with E-state index in [0.29, 0.717) is 12.5 Å². The first-order valence-electron chi connectivity index (χ1n) is 6.37. The van der Waals surface area contributed by atoms with Gasteiger partial charge in [-0.2, -0.15) is 23.7 Å². The molecule has 0 saturated heterocycles. The van der Waals surface area contributed by atoms with E-state index < -0.39 is 23.3 Å². The highest BCUT2D eigenvalue weighted by Gasteiger charge is 2.34. The highest BCUT2D eigenvalue weighted by molar-refractivity contribution is 5.89. The first-order chi connectivity index (χ1) is 10.3. The number of carbonyl (C=O) groups excluding carboxylic acids is 1. The van der Waals surface area contributed by atoms with Crippen molar-refractivity contribution in [2.45, 2.75) is 32.0 Å². The van der Waals surface area contributed by atoms with Gasteiger partial charge in [0.2, 0.25) is 0 Å². The Hall–Kier alpha value is -2.74. The first kappa shape index (κ1) is 17.3. The van der Waals surface area contributed by atoms with Crippen molar-refractivity contribution >= 4 is 11.7 Å². The Balaban J connectivity index is 2.89. The lowest BCUT2D eigenvalue weighted by Gasteiger charge is -2.15. The molecule has 1 atom stereocenters. The Kier molecular flexibility index (Phi) is 5.76. The van der Waals surface area contributed by atoms with Gasteiger partial charge in [0.15, 0.2) is 0 Å². The van der Waals surface area contributed by atoms with E-state index in [4.69, 9.17) is 10.5 Å². The van der Waals surface area contributed by atoms with Gasteiger partial charge in [-0.25, -0.2) is 4.79 Å². The number of urea groups is 1. The molecular weight excluding hydrogens is 297 g/mol. The molecule has 1 aromatic rings. The molecule has 1 rings (SSSR count). The zero-order chi connectivity index (χ0) is 16.8. The predicted octanol–water partition coefficient (Wildman–Crippen LogP) is 3.39. The summed E-state index contributed by atoms with van der Waals surface area (Å²) < 4.78 is 38.4. The summed E-state index contributed by atoms with van der Waals surface area (Å²) in [6, 6.07) is 5.16. The monoisotopic (exact) mass is 310 g/mol. The lowest BCUT2D eigenvalue weighted by Crippen LogP contribution is -2.37. The van der Waals surface area contributed by atoms with Crippen molar-refractivity contribution in [2.24, 2.45) is 0 Å². The number of anilines is 1. The maximum atomic E-state index is 12.8. The lowest BCUT2D eigenvalue weighted by atomic mass is 10.1. The van der Waals surface area contributed by atoms with E-state index in [1.54, 1.807) is 6.92 Å². The van der Waals surface area contributed by atoms with Gasteiger partial charge < -0.3 is 10.6 Å². The van der Waals surface area contributed by atoms with Crippen LogP contribution in [0.2, 0.25) is 0 Å². The number of nitriles is 2. The van der Waals surface area contributed by atoms with Gasteiger partial charge in [0.1, 0.15) is 0 Å². The van der Waals surface area contributed by atoms with E-state index in [-0.39, 0.29) is 18.2 Å². The van der Waals surface area contributed by atoms with Crippen LogP contribution in [-0.2, 0) is 6.18 Å². The molecule has 1 unspecified atom stereocenters. The minimum Gasteiger partial charge on any atom is -0.334 e. The third-order valence-electron chi connectivity index (χ3n) is 2.87. The number of halogens is 3. The van der Waals surface area contributed by atoms with Gasteiger partial charge in [0, 0.05) is 11.7 Å². The summed E-state index contributed by atoms with van der Waals surface area (Å²) in [7, 11) is 0. The number of alkyl halides is 3. The number of hydrogen-bond donors (Lipinski definition) is 2. The molecule has 22 heavy (non-hydrogen) atoms. The number of carbonyl (C=O) groups is 1. The molecule has 0 aromatic heterocycles. The molecule has 0 aliphatic carbocycles. The van der Waals surface area contributed by atoms with E-state index in [0.717, 1.165) is 6.07 Å². The predicted molar refractivity (Wildman–Crippen MR) is 72.6 cm³/mol. The van der Waals surface area contributed by atoms with Crippen molar-refractivity contribution in [1.29, 1.82) is 10.5 Å². The number of nitrogens with zero attached hydrogens (tertiary/aromatic N) is 2. The second-order valence-electron chi connectivity index (χ2n) is 4.44. The Morgan fingerprint density at radius 2 is 2.05 bits per heavy atom. The molecule has 0 aliphatic heterocycles. The lowest BCUT2D eigenvalue weighted by molar-refractivity contribution is -0.137. The van der Waals surface area contributed by atoms with E-state index in [9.17, 15) is 18.0 Å². The largest absolute Gasteiger partial charge is 0.417 e. The fourth-order valence-electron chi connectivity index (χ4n) is 1.71. The number of rotatable bonds is 4. The van der Waals surface area contributed by atoms with Crippen molar-refractivity contribution in [2.75, 3.05) is 5.32 Å². The van der Waals surface area contributed by atoms with Crippen molar-refractivity contribution in [1.82, 2.24) is 5.32 Å². The summed E-state index contributed by atoms with van der Waals surface area (Å²) in [5.41, 5.74) is -1.72. The van der Waals surface area contributed by atoms with Crippen LogP contribution in [0, 0.1) is 22.7 Å². The van der Waals surface area contributed by atoms with E-state index >= 15 is 0 Å². The standard InChI is InChI=1S/C14H13F3N4O/c1-2-10(5-6-18)20-13(22)21-11-4-3-9(8-19)12(7-11)14(15,16)17/h3-4,7,10H,2,5H2,1H3,(H2,20,21,22). The Morgan fingerprint density at radius 1 is 1.36 bits per heavy atom. The average Bonchev–Trinajstić information content (AvgIpc) is 2.45. The number of nitrogens with one attached hydrogen (secondary N) is 2. The van der Waals surface area contributed by atoms with Gasteiger partial charge in [-0.15, -0.1) is 0 Å². The van der Waals surface area contributed by atoms with Crippen molar-refractivity contribution in [3.8, 4) is 12.1 Å². The molecule has 0 spiro atoms. The molecule has 8 heteroatoms. The smallest absolute Gasteiger partial charge is 0.334 e. The highest BCUT2D eigenvalue weighted by atomic mass is 19.4. The van der Waals surface area contributed by atoms with Crippen LogP contribution in [0.4, 0.5) is 23.7 Å². The summed E-state index contributed by atoms with van der Waals surface area (Å²) in [6.07, 6.45) is -4.07. The Morgan fingerprint density at radius 3 is 2.55 bits per heavy atom. The zero-order valence-corrected chi connectivity index (χ0v) is 11.7. The second-order valence-corrected chi connectivity index (χ2v) is 4.44. The summed E-state index contributed by atoms with van der Waals surface area (Å²) in [4.78, 5) is 11.7. The van der Waals surface area contributed by atoms with Gasteiger partial charge >= 0.3 is 12.2 Å². The van der Waals surface area contributed by atoms with Crippen LogP contribution in [0.1, 0.15) is 30.9 Å². The van der Waals surface area contributed by atoms with Gasteiger partial charge in [0.25, 0.3) is 0 Å². The molecule has 0 radical (unpaired) electrons. The third-order valence-corrected chi connectivity index (χ3v) is 2.87. The Bertz CT molecular complexity index is 628. The molecule has 0 bridgehead atoms. The normalized spacial score (nSPS) is 11.9. The molecular formula is C14H13F3N4O. The van der Waals surface area contributed by atoms with Crippen LogP contribution in [0.3, 0.4) is 0 Å². The average molecular weight is 310 g/mol. The SMILES string of the molecule is CCC(CC#N)NC(=O)Nc1ccc(C#N)c(C(F)(F)F)c1. The van der Waals surface area contributed by atoms with E-state index in [1.807, 2.05) is 6.07 Å². The summed E-state index contributed by atoms with van der Waals surface area (Å²) in [5.74, 6) is 0. The van der Waals surface area contributed by atoms with Crippen LogP contribution in [0.15, 0.2) is 18.2 Å². The van der Waals surface area contributed by atoms with Crippen molar-refractivity contribution in [3.63, 3.8) is 0 Å². The minimum atomic E-state index is -4.69. The molecule has 2 amide bonds. The summed E-state index contributed by atoms with van der Waals surface area (Å²) in [6.45, 7) is 1.77. The third kappa shape index (κ3) is 4.67. The van der Waals surface area contributed by atoms with Gasteiger partial charge in [-0.05, 0) is 24.6 Å². The highest BCUT2D eigenvalue weighted by Crippen LogP contribution is 2.33. The molecule has 0 saturated carbocycles. The maximum Gasteiger partial charge on any atom is 0.417 e. The van der Waals surface area contributed by atoms with Crippen LogP contribution in [0.5, 0.6) is 0 Å². The Labute approximate surface area is 125 Å². The zero-order valence-electron chi connectivity index (χ0n) is 11.7. The molecule has 0 heterocycles. The van der Waals surface area contributed by atoms with Crippen molar-refractivity contribution in [3.05, 3.63) is 29.3 Å².